The molecule has 10 nitrogen and oxygen atoms in total. The number of carbonyl (C=O) groups excluding carboxylic acids is 1. The Labute approximate surface area is 264 Å². The number of aryl methyl sites for hydroxylation is 1. The van der Waals surface area contributed by atoms with E-state index in [9.17, 15) is 19.5 Å². The molecule has 0 fully saturated rings. The van der Waals surface area contributed by atoms with E-state index in [0.717, 1.165) is 29.1 Å². The van der Waals surface area contributed by atoms with Crippen LogP contribution >= 0.6 is 11.3 Å². The van der Waals surface area contributed by atoms with Crippen molar-refractivity contribution < 1.29 is 28.9 Å². The van der Waals surface area contributed by atoms with Gasteiger partial charge in [-0.05, 0) is 87.4 Å². The monoisotopic (exact) mass is 629 g/mol. The highest BCUT2D eigenvalue weighted by molar-refractivity contribution is 7.07. The Morgan fingerprint density at radius 3 is 2.40 bits per heavy atom. The number of carboxylic acids is 1. The minimum Gasteiger partial charge on any atom is -0.497 e. The molecule has 1 N–H and O–H groups in total. The largest absolute Gasteiger partial charge is 0.497 e. The van der Waals surface area contributed by atoms with E-state index in [0.29, 0.717) is 44.1 Å². The zero-order valence-electron chi connectivity index (χ0n) is 26.0. The average Bonchev–Trinajstić information content (AvgIpc) is 3.49. The van der Waals surface area contributed by atoms with Crippen LogP contribution in [-0.4, -0.2) is 47.0 Å². The van der Waals surface area contributed by atoms with Gasteiger partial charge >= 0.3 is 11.9 Å². The standard InChI is InChI=1S/C34H35N3O7S/c1-7-9-26-29(33(41)44-8-2)30(25-18-24(42-5)14-15-27(25)43-6)37-31(38)28(45-34(37)35-26)17-22-16-19(3)36(20(22)4)23-12-10-21(11-13-23)32(39)40/h10-18,30H,7-9H2,1-6H3,(H,39,40)/b28-17-/t30-/m0/s1. The maximum absolute atomic E-state index is 14.3. The van der Waals surface area contributed by atoms with Gasteiger partial charge in [0.15, 0.2) is 4.80 Å². The van der Waals surface area contributed by atoms with E-state index in [4.69, 9.17) is 19.2 Å². The number of carboxylic acid groups (broad SMARTS) is 1. The number of hydrogen-bond acceptors (Lipinski definition) is 8. The van der Waals surface area contributed by atoms with Crippen molar-refractivity contribution in [3.8, 4) is 17.2 Å². The number of carbonyl (C=O) groups is 2. The number of aromatic carboxylic acids is 1. The van der Waals surface area contributed by atoms with E-state index in [-0.39, 0.29) is 17.7 Å². The summed E-state index contributed by atoms with van der Waals surface area (Å²) in [5, 5.41) is 9.29. The van der Waals surface area contributed by atoms with Crippen LogP contribution in [0.15, 0.2) is 69.6 Å². The first-order valence-electron chi connectivity index (χ1n) is 14.6. The lowest BCUT2D eigenvalue weighted by Gasteiger charge is -2.27. The average molecular weight is 630 g/mol. The van der Waals surface area contributed by atoms with E-state index in [1.54, 1.807) is 68.2 Å². The Hall–Kier alpha value is -4.90. The number of nitrogens with zero attached hydrogens (tertiary/aromatic N) is 3. The van der Waals surface area contributed by atoms with Crippen molar-refractivity contribution in [2.75, 3.05) is 20.8 Å². The molecule has 3 heterocycles. The Morgan fingerprint density at radius 1 is 1.04 bits per heavy atom. The number of methoxy groups -OCH3 is 2. The van der Waals surface area contributed by atoms with Gasteiger partial charge in [-0.1, -0.05) is 24.7 Å². The molecule has 45 heavy (non-hydrogen) atoms. The van der Waals surface area contributed by atoms with Crippen molar-refractivity contribution in [3.63, 3.8) is 0 Å². The third-order valence-electron chi connectivity index (χ3n) is 7.75. The molecule has 0 unspecified atom stereocenters. The molecular formula is C34H35N3O7S. The molecule has 2 aromatic heterocycles. The van der Waals surface area contributed by atoms with Gasteiger partial charge in [0.1, 0.15) is 17.5 Å². The number of hydrogen-bond donors (Lipinski definition) is 1. The van der Waals surface area contributed by atoms with Gasteiger partial charge in [0, 0.05) is 22.6 Å². The topological polar surface area (TPSA) is 121 Å². The van der Waals surface area contributed by atoms with Gasteiger partial charge in [0.05, 0.1) is 42.2 Å². The van der Waals surface area contributed by atoms with Crippen molar-refractivity contribution in [1.82, 2.24) is 9.13 Å². The second kappa shape index (κ2) is 13.0. The summed E-state index contributed by atoms with van der Waals surface area (Å²) >= 11 is 1.26. The molecule has 1 aliphatic rings. The third kappa shape index (κ3) is 5.83. The molecule has 0 bridgehead atoms. The van der Waals surface area contributed by atoms with Crippen LogP contribution < -0.4 is 24.4 Å². The predicted molar refractivity (Wildman–Crippen MR) is 171 cm³/mol. The van der Waals surface area contributed by atoms with Gasteiger partial charge in [-0.3, -0.25) is 9.36 Å². The highest BCUT2D eigenvalue weighted by atomic mass is 32.1. The van der Waals surface area contributed by atoms with Crippen LogP contribution in [0, 0.1) is 13.8 Å². The van der Waals surface area contributed by atoms with Gasteiger partial charge in [-0.2, -0.15) is 0 Å². The molecule has 1 aliphatic heterocycles. The Balaban J connectivity index is 1.74. The van der Waals surface area contributed by atoms with Gasteiger partial charge in [0.25, 0.3) is 5.56 Å². The molecule has 0 saturated carbocycles. The number of allylic oxidation sites excluding steroid dienone is 1. The molecule has 0 aliphatic carbocycles. The summed E-state index contributed by atoms with van der Waals surface area (Å²) in [6.45, 7) is 7.82. The van der Waals surface area contributed by atoms with Crippen molar-refractivity contribution >= 4 is 29.4 Å². The van der Waals surface area contributed by atoms with Crippen LogP contribution in [0.3, 0.4) is 0 Å². The number of ether oxygens (including phenoxy) is 3. The Kier molecular flexibility index (Phi) is 9.10. The first-order chi connectivity index (χ1) is 21.6. The van der Waals surface area contributed by atoms with Gasteiger partial charge < -0.3 is 23.9 Å². The minimum absolute atomic E-state index is 0.169. The summed E-state index contributed by atoms with van der Waals surface area (Å²) in [7, 11) is 3.10. The third-order valence-corrected chi connectivity index (χ3v) is 8.74. The Bertz CT molecular complexity index is 2000. The fourth-order valence-corrected chi connectivity index (χ4v) is 6.70. The molecule has 1 atom stereocenters. The quantitative estimate of drug-likeness (QED) is 0.253. The van der Waals surface area contributed by atoms with Crippen LogP contribution in [0.4, 0.5) is 0 Å². The lowest BCUT2D eigenvalue weighted by atomic mass is 9.93. The van der Waals surface area contributed by atoms with Crippen molar-refractivity contribution in [2.24, 2.45) is 4.99 Å². The molecular weight excluding hydrogens is 594 g/mol. The van der Waals surface area contributed by atoms with Crippen LogP contribution in [0.1, 0.15) is 65.6 Å². The molecule has 0 spiro atoms. The smallest absolute Gasteiger partial charge is 0.338 e. The first-order valence-corrected chi connectivity index (χ1v) is 15.4. The summed E-state index contributed by atoms with van der Waals surface area (Å²) in [4.78, 5) is 44.5. The SMILES string of the molecule is CCCC1=C(C(=O)OCC)[C@H](c2cc(OC)ccc2OC)n2c(s/c(=C\c3cc(C)n(-c4ccc(C(=O)O)cc4)c3C)c2=O)=N1. The highest BCUT2D eigenvalue weighted by Crippen LogP contribution is 2.38. The van der Waals surface area contributed by atoms with Crippen LogP contribution in [0.2, 0.25) is 0 Å². The summed E-state index contributed by atoms with van der Waals surface area (Å²) < 4.78 is 20.7. The van der Waals surface area contributed by atoms with Crippen molar-refractivity contribution in [3.05, 3.63) is 108 Å². The summed E-state index contributed by atoms with van der Waals surface area (Å²) in [5.74, 6) is -0.482. The first kappa shape index (κ1) is 31.5. The number of thiazole rings is 1. The maximum atomic E-state index is 14.3. The zero-order valence-corrected chi connectivity index (χ0v) is 26.9. The van der Waals surface area contributed by atoms with Gasteiger partial charge in [0.2, 0.25) is 0 Å². The van der Waals surface area contributed by atoms with Crippen LogP contribution in [0.5, 0.6) is 11.5 Å². The molecule has 0 radical (unpaired) electrons. The summed E-state index contributed by atoms with van der Waals surface area (Å²) in [6, 6.07) is 13.1. The van der Waals surface area contributed by atoms with E-state index in [2.05, 4.69) is 0 Å². The van der Waals surface area contributed by atoms with E-state index in [1.807, 2.05) is 37.5 Å². The predicted octanol–water partition coefficient (Wildman–Crippen LogP) is 4.70. The second-order valence-electron chi connectivity index (χ2n) is 10.5. The zero-order chi connectivity index (χ0) is 32.4. The summed E-state index contributed by atoms with van der Waals surface area (Å²) in [6.07, 6.45) is 3.09. The number of fused-ring (bicyclic) bond motifs is 1. The van der Waals surface area contributed by atoms with Crippen molar-refractivity contribution in [2.45, 2.75) is 46.6 Å². The molecule has 234 valence electrons. The van der Waals surface area contributed by atoms with Crippen LogP contribution in [0.25, 0.3) is 11.8 Å². The molecule has 2 aromatic carbocycles. The fourth-order valence-electron chi connectivity index (χ4n) is 5.69. The molecule has 0 saturated heterocycles. The molecule has 4 aromatic rings. The summed E-state index contributed by atoms with van der Waals surface area (Å²) in [5.41, 5.74) is 4.79. The Morgan fingerprint density at radius 2 is 1.78 bits per heavy atom. The van der Waals surface area contributed by atoms with Crippen molar-refractivity contribution in [1.29, 1.82) is 0 Å². The van der Waals surface area contributed by atoms with Gasteiger partial charge in [-0.25, -0.2) is 14.6 Å². The van der Waals surface area contributed by atoms with Crippen LogP contribution in [-0.2, 0) is 9.53 Å². The van der Waals surface area contributed by atoms with E-state index < -0.39 is 18.0 Å². The fraction of sp³-hybridized carbons (Fsp3) is 0.294. The van der Waals surface area contributed by atoms with E-state index in [1.165, 1.54) is 11.3 Å². The lowest BCUT2D eigenvalue weighted by molar-refractivity contribution is -0.139. The van der Waals surface area contributed by atoms with Gasteiger partial charge in [-0.15, -0.1) is 0 Å². The minimum atomic E-state index is -0.989. The molecule has 0 amide bonds. The van der Waals surface area contributed by atoms with E-state index >= 15 is 0 Å². The number of rotatable bonds is 10. The number of esters is 1. The maximum Gasteiger partial charge on any atom is 0.338 e. The lowest BCUT2D eigenvalue weighted by Crippen LogP contribution is -2.40. The second-order valence-corrected chi connectivity index (χ2v) is 11.5. The number of benzene rings is 2. The molecule has 11 heteroatoms. The number of aromatic nitrogens is 2. The highest BCUT2D eigenvalue weighted by Gasteiger charge is 2.36. The molecule has 5 rings (SSSR count). The normalized spacial score (nSPS) is 14.6.